The van der Waals surface area contributed by atoms with Gasteiger partial charge in [-0.1, -0.05) is 0 Å². The van der Waals surface area contributed by atoms with Gasteiger partial charge in [0.05, 0.1) is 4.92 Å². The molecule has 1 aromatic carbocycles. The fourth-order valence-electron chi connectivity index (χ4n) is 3.26. The number of carbonyl (C=O) groups is 1. The van der Waals surface area contributed by atoms with E-state index in [0.29, 0.717) is 12.1 Å². The lowest BCUT2D eigenvalue weighted by Crippen LogP contribution is -2.48. The Hall–Kier alpha value is -2.15. The Balaban J connectivity index is 1.68. The van der Waals surface area contributed by atoms with Crippen LogP contribution < -0.4 is 10.6 Å². The van der Waals surface area contributed by atoms with Crippen molar-refractivity contribution in [2.75, 3.05) is 0 Å². The summed E-state index contributed by atoms with van der Waals surface area (Å²) >= 11 is 0. The topological polar surface area (TPSA) is 104 Å². The van der Waals surface area contributed by atoms with E-state index in [1.807, 2.05) is 0 Å². The molecule has 0 spiro atoms. The third-order valence-corrected chi connectivity index (χ3v) is 4.24. The number of phenols is 1. The van der Waals surface area contributed by atoms with Gasteiger partial charge in [0, 0.05) is 29.8 Å². The van der Waals surface area contributed by atoms with Gasteiger partial charge in [-0.15, -0.1) is 0 Å². The van der Waals surface area contributed by atoms with E-state index in [4.69, 9.17) is 0 Å². The third kappa shape index (κ3) is 2.82. The molecule has 7 nitrogen and oxygen atoms in total. The van der Waals surface area contributed by atoms with Crippen LogP contribution in [0.2, 0.25) is 0 Å². The predicted molar refractivity (Wildman–Crippen MR) is 75.2 cm³/mol. The average molecular weight is 291 g/mol. The Kier molecular flexibility index (Phi) is 3.50. The molecule has 1 amide bonds. The maximum absolute atomic E-state index is 12.2. The monoisotopic (exact) mass is 291 g/mol. The van der Waals surface area contributed by atoms with Crippen molar-refractivity contribution in [3.8, 4) is 5.75 Å². The van der Waals surface area contributed by atoms with Gasteiger partial charge in [-0.25, -0.2) is 0 Å². The van der Waals surface area contributed by atoms with Crippen molar-refractivity contribution < 1.29 is 14.8 Å². The molecule has 0 aromatic heterocycles. The highest BCUT2D eigenvalue weighted by Gasteiger charge is 2.34. The first-order valence-corrected chi connectivity index (χ1v) is 7.07. The van der Waals surface area contributed by atoms with Crippen molar-refractivity contribution in [3.63, 3.8) is 0 Å². The highest BCUT2D eigenvalue weighted by Crippen LogP contribution is 2.28. The van der Waals surface area contributed by atoms with Gasteiger partial charge in [0.2, 0.25) is 0 Å². The Bertz CT molecular complexity index is 578. The number of hydrogen-bond acceptors (Lipinski definition) is 5. The number of rotatable bonds is 3. The van der Waals surface area contributed by atoms with Crippen LogP contribution in [0, 0.1) is 10.1 Å². The number of phenolic OH excluding ortho intramolecular Hbond substituents is 1. The number of benzene rings is 1. The number of nitro groups is 1. The molecule has 21 heavy (non-hydrogen) atoms. The normalized spacial score (nSPS) is 27.3. The minimum atomic E-state index is -0.679. The van der Waals surface area contributed by atoms with Crippen molar-refractivity contribution in [1.82, 2.24) is 10.6 Å². The fourth-order valence-corrected chi connectivity index (χ4v) is 3.26. The number of hydrogen-bond donors (Lipinski definition) is 3. The summed E-state index contributed by atoms with van der Waals surface area (Å²) in [6.07, 6.45) is 4.10. The molecule has 2 fully saturated rings. The molecule has 0 radical (unpaired) electrons. The highest BCUT2D eigenvalue weighted by molar-refractivity contribution is 5.95. The molecule has 112 valence electrons. The van der Waals surface area contributed by atoms with Crippen LogP contribution in [0.1, 0.15) is 36.0 Å². The molecule has 3 rings (SSSR count). The Morgan fingerprint density at radius 2 is 2.00 bits per heavy atom. The number of carbonyl (C=O) groups excluding carboxylic acids is 1. The molecule has 2 unspecified atom stereocenters. The van der Waals surface area contributed by atoms with Crippen LogP contribution in [0.15, 0.2) is 18.2 Å². The minimum absolute atomic E-state index is 0.119. The van der Waals surface area contributed by atoms with Crippen molar-refractivity contribution in [2.24, 2.45) is 0 Å². The molecular weight excluding hydrogens is 274 g/mol. The summed E-state index contributed by atoms with van der Waals surface area (Å²) in [5.74, 6) is -0.787. The maximum Gasteiger partial charge on any atom is 0.310 e. The van der Waals surface area contributed by atoms with Crippen molar-refractivity contribution in [3.05, 3.63) is 33.9 Å². The molecule has 7 heteroatoms. The van der Waals surface area contributed by atoms with Crippen molar-refractivity contribution in [2.45, 2.75) is 43.8 Å². The van der Waals surface area contributed by atoms with E-state index in [-0.39, 0.29) is 17.5 Å². The molecule has 1 aromatic rings. The first-order valence-electron chi connectivity index (χ1n) is 7.07. The zero-order valence-electron chi connectivity index (χ0n) is 11.4. The number of nitrogens with one attached hydrogen (secondary N) is 2. The van der Waals surface area contributed by atoms with Gasteiger partial charge >= 0.3 is 5.69 Å². The molecule has 2 aliphatic rings. The predicted octanol–water partition coefficient (Wildman–Crippen LogP) is 1.31. The van der Waals surface area contributed by atoms with Gasteiger partial charge in [-0.3, -0.25) is 14.9 Å². The van der Waals surface area contributed by atoms with E-state index in [1.54, 1.807) is 0 Å². The molecule has 2 heterocycles. The first kappa shape index (κ1) is 13.8. The number of nitro benzene ring substituents is 1. The molecule has 2 atom stereocenters. The lowest BCUT2D eigenvalue weighted by molar-refractivity contribution is -0.385. The van der Waals surface area contributed by atoms with Gasteiger partial charge in [0.25, 0.3) is 5.91 Å². The minimum Gasteiger partial charge on any atom is -0.502 e. The number of fused-ring (bicyclic) bond motifs is 2. The molecule has 2 aliphatic heterocycles. The average Bonchev–Trinajstić information content (AvgIpc) is 2.77. The van der Waals surface area contributed by atoms with Gasteiger partial charge in [-0.2, -0.15) is 0 Å². The van der Waals surface area contributed by atoms with Crippen LogP contribution in [0.3, 0.4) is 0 Å². The van der Waals surface area contributed by atoms with Crippen LogP contribution in [0.5, 0.6) is 5.75 Å². The van der Waals surface area contributed by atoms with Crippen molar-refractivity contribution >= 4 is 11.6 Å². The van der Waals surface area contributed by atoms with Crippen LogP contribution in [0.25, 0.3) is 0 Å². The number of nitrogens with zero attached hydrogens (tertiary/aromatic N) is 1. The maximum atomic E-state index is 12.2. The van der Waals surface area contributed by atoms with E-state index in [9.17, 15) is 20.0 Å². The summed E-state index contributed by atoms with van der Waals surface area (Å²) in [7, 11) is 0. The quantitative estimate of drug-likeness (QED) is 0.575. The molecule has 2 saturated heterocycles. The SMILES string of the molecule is O=C(NC1CC2CCC(C1)N2)c1ccc([N+](=O)[O-])c(O)c1. The fraction of sp³-hybridized carbons (Fsp3) is 0.500. The summed E-state index contributed by atoms with van der Waals surface area (Å²) in [4.78, 5) is 22.1. The van der Waals surface area contributed by atoms with E-state index in [0.717, 1.165) is 37.8 Å². The summed E-state index contributed by atoms with van der Waals surface area (Å²) < 4.78 is 0. The standard InChI is InChI=1S/C14H17N3O4/c18-13-5-8(1-4-12(13)17(20)21)14(19)16-11-6-9-2-3-10(7-11)15-9/h1,4-5,9-11,15,18H,2-3,6-7H2,(H,16,19). The van der Waals surface area contributed by atoms with Crippen LogP contribution in [-0.2, 0) is 0 Å². The van der Waals surface area contributed by atoms with Gasteiger partial charge in [0.15, 0.2) is 5.75 Å². The van der Waals surface area contributed by atoms with E-state index in [1.165, 1.54) is 6.07 Å². The Morgan fingerprint density at radius 1 is 1.33 bits per heavy atom. The summed E-state index contributed by atoms with van der Waals surface area (Å²) in [6, 6.07) is 4.72. The number of amides is 1. The van der Waals surface area contributed by atoms with Gasteiger partial charge < -0.3 is 15.7 Å². The second-order valence-electron chi connectivity index (χ2n) is 5.74. The van der Waals surface area contributed by atoms with Gasteiger partial charge in [0.1, 0.15) is 0 Å². The Labute approximate surface area is 121 Å². The van der Waals surface area contributed by atoms with E-state index < -0.39 is 16.4 Å². The largest absolute Gasteiger partial charge is 0.502 e. The summed E-state index contributed by atoms with van der Waals surface area (Å²) in [5, 5.41) is 26.7. The lowest BCUT2D eigenvalue weighted by Gasteiger charge is -2.29. The Morgan fingerprint density at radius 3 is 2.57 bits per heavy atom. The zero-order valence-corrected chi connectivity index (χ0v) is 11.4. The first-order chi connectivity index (χ1) is 10.0. The third-order valence-electron chi connectivity index (χ3n) is 4.24. The van der Waals surface area contributed by atoms with Crippen LogP contribution >= 0.6 is 0 Å². The molecule has 0 aliphatic carbocycles. The second-order valence-corrected chi connectivity index (χ2v) is 5.74. The van der Waals surface area contributed by atoms with Crippen molar-refractivity contribution in [1.29, 1.82) is 0 Å². The van der Waals surface area contributed by atoms with E-state index in [2.05, 4.69) is 10.6 Å². The van der Waals surface area contributed by atoms with E-state index >= 15 is 0 Å². The number of aromatic hydroxyl groups is 1. The number of piperidine rings is 1. The summed E-state index contributed by atoms with van der Waals surface area (Å²) in [5.41, 5.74) is -0.157. The summed E-state index contributed by atoms with van der Waals surface area (Å²) in [6.45, 7) is 0. The van der Waals surface area contributed by atoms with Gasteiger partial charge in [-0.05, 0) is 37.8 Å². The smallest absolute Gasteiger partial charge is 0.310 e. The zero-order chi connectivity index (χ0) is 15.0. The van der Waals surface area contributed by atoms with Crippen LogP contribution in [-0.4, -0.2) is 34.1 Å². The second kappa shape index (κ2) is 5.33. The lowest BCUT2D eigenvalue weighted by atomic mass is 9.99. The highest BCUT2D eigenvalue weighted by atomic mass is 16.6. The molecule has 3 N–H and O–H groups in total. The molecule has 2 bridgehead atoms. The molecule has 0 saturated carbocycles. The molecular formula is C14H17N3O4. The van der Waals surface area contributed by atoms with Crippen LogP contribution in [0.4, 0.5) is 5.69 Å².